The zero-order valence-electron chi connectivity index (χ0n) is 60.4. The normalized spacial score (nSPS) is 33.1. The Bertz CT molecular complexity index is 3110. The summed E-state index contributed by atoms with van der Waals surface area (Å²) in [6.45, 7) is 12.4. The van der Waals surface area contributed by atoms with Crippen molar-refractivity contribution in [3.63, 3.8) is 0 Å². The number of hydrogen-bond acceptors (Lipinski definition) is 30. The van der Waals surface area contributed by atoms with Gasteiger partial charge in [-0.15, -0.1) is 18.3 Å². The number of unbranched alkanes of at least 4 members (excludes halogenated alkanes) is 1. The summed E-state index contributed by atoms with van der Waals surface area (Å²) in [7, 11) is -14.7. The predicted molar refractivity (Wildman–Crippen MR) is 339 cm³/mol. The molecule has 0 bridgehead atoms. The summed E-state index contributed by atoms with van der Waals surface area (Å²) >= 11 is 0. The van der Waals surface area contributed by atoms with Crippen LogP contribution >= 0.6 is 0 Å². The molecule has 6 aliphatic rings. The van der Waals surface area contributed by atoms with Gasteiger partial charge in [0.25, 0.3) is 0 Å². The SMILES string of the molecule is C#CCCCO[C@@H]1OC(CO)[C@H](O[C@H]2[CH-][C@H](OCc3ccccc3)[C@@H](O[C@@H]3OC(CO)[C@H](O[C@H]4[CH-][C@H](OCc5ccccc5)[C@@H](O[C@@H]5OC(CO)[C@H](O[C@H]6[CH-][C@H](OCc7ccccc7)[C@@H](C)[CH-]O6)[C@H](C)C5N)[CH-]O4)[C@H](C)C3N)[CH-]O2)[C@H](C)C1N.O=S(=O)([O-])O.O=S(=O)([O-])O.O=S(=O)([O-])O.[Li+].[Li+].[Li+].[Li+].[Li+].[Li+]. The molecule has 105 heavy (non-hydrogen) atoms. The second kappa shape index (κ2) is 52.1. The number of terminal acetylenes is 1. The Labute approximate surface area is 687 Å². The molecule has 33 nitrogen and oxygen atoms in total. The molecule has 6 fully saturated rings. The molecular weight excluding hydrogens is 1420 g/mol. The van der Waals surface area contributed by atoms with Crippen molar-refractivity contribution in [2.24, 2.45) is 40.9 Å². The van der Waals surface area contributed by atoms with E-state index in [1.165, 1.54) is 13.2 Å². The van der Waals surface area contributed by atoms with E-state index in [1.807, 2.05) is 125 Å². The number of ether oxygens (including phenoxy) is 15. The third kappa shape index (κ3) is 37.2. The Balaban J connectivity index is 0.00000468. The molecule has 24 atom stereocenters. The van der Waals surface area contributed by atoms with E-state index >= 15 is 0 Å². The molecule has 0 saturated carbocycles. The van der Waals surface area contributed by atoms with E-state index in [0.717, 1.165) is 16.7 Å². The molecule has 6 heterocycles. The van der Waals surface area contributed by atoms with Crippen LogP contribution in [-0.4, -0.2) is 217 Å². The molecular formula is C63H88Li6N3O30S3-3. The summed E-state index contributed by atoms with van der Waals surface area (Å²) in [6, 6.07) is 27.1. The topological polar surface area (TPSA) is 509 Å². The maximum Gasteiger partial charge on any atom is 1.00 e. The Hall–Kier alpha value is -0.426. The molecule has 0 spiro atoms. The number of aliphatic hydroxyl groups is 3. The number of rotatable bonds is 26. The maximum absolute atomic E-state index is 10.9. The van der Waals surface area contributed by atoms with E-state index in [4.69, 9.17) is 147 Å². The molecule has 0 radical (unpaired) electrons. The van der Waals surface area contributed by atoms with Gasteiger partial charge >= 0.3 is 113 Å². The average Bonchev–Trinajstić information content (AvgIpc) is 0.800. The van der Waals surface area contributed by atoms with Crippen LogP contribution in [-0.2, 0) is 122 Å². The first-order chi connectivity index (χ1) is 46.8. The minimum absolute atomic E-state index is 0. The smallest absolute Gasteiger partial charge is 0.726 e. The Morgan fingerprint density at radius 2 is 0.733 bits per heavy atom. The Morgan fingerprint density at radius 1 is 0.448 bits per heavy atom. The van der Waals surface area contributed by atoms with E-state index in [1.54, 1.807) is 19.4 Å². The zero-order valence-corrected chi connectivity index (χ0v) is 62.8. The fourth-order valence-corrected chi connectivity index (χ4v) is 11.1. The maximum atomic E-state index is 10.9. The fraction of sp³-hybridized carbons (Fsp3) is 0.587. The van der Waals surface area contributed by atoms with E-state index in [0.29, 0.717) is 26.1 Å². The Kier molecular flexibility index (Phi) is 51.9. The fourth-order valence-electron chi connectivity index (χ4n) is 11.1. The van der Waals surface area contributed by atoms with E-state index in [9.17, 15) is 15.3 Å². The summed E-state index contributed by atoms with van der Waals surface area (Å²) in [4.78, 5) is 0. The first-order valence-electron chi connectivity index (χ1n) is 31.2. The van der Waals surface area contributed by atoms with Crippen molar-refractivity contribution in [3.8, 4) is 12.3 Å². The average molecular weight is 1510 g/mol. The van der Waals surface area contributed by atoms with Gasteiger partial charge in [-0.1, -0.05) is 137 Å². The third-order valence-corrected chi connectivity index (χ3v) is 16.3. The quantitative estimate of drug-likeness (QED) is 0.00900. The largest absolute Gasteiger partial charge is 1.00 e. The van der Waals surface area contributed by atoms with Crippen LogP contribution < -0.4 is 130 Å². The van der Waals surface area contributed by atoms with E-state index in [2.05, 4.69) is 5.92 Å². The molecule has 562 valence electrons. The van der Waals surface area contributed by atoms with E-state index in [-0.39, 0.29) is 163 Å². The number of hydrogen-bond donors (Lipinski definition) is 9. The number of benzene rings is 3. The molecule has 6 unspecified atom stereocenters. The second-order valence-corrected chi connectivity index (χ2v) is 26.2. The van der Waals surface area contributed by atoms with Gasteiger partial charge in [0.2, 0.25) is 31.2 Å². The van der Waals surface area contributed by atoms with Crippen molar-refractivity contribution in [1.29, 1.82) is 0 Å². The minimum atomic E-state index is -4.92. The van der Waals surface area contributed by atoms with Crippen LogP contribution in [0.25, 0.3) is 0 Å². The molecule has 6 saturated heterocycles. The zero-order chi connectivity index (χ0) is 72.6. The molecule has 0 aliphatic carbocycles. The van der Waals surface area contributed by atoms with Crippen molar-refractivity contribution in [2.75, 3.05) is 26.4 Å². The van der Waals surface area contributed by atoms with Crippen molar-refractivity contribution in [3.05, 3.63) is 147 Å². The molecule has 0 amide bonds. The van der Waals surface area contributed by atoms with Gasteiger partial charge in [-0.25, -0.2) is 44.7 Å². The molecule has 6 aliphatic heterocycles. The van der Waals surface area contributed by atoms with Gasteiger partial charge < -0.3 is 117 Å². The van der Waals surface area contributed by atoms with Crippen LogP contribution in [0.1, 0.15) is 57.2 Å². The van der Waals surface area contributed by atoms with Crippen LogP contribution in [0.15, 0.2) is 91.0 Å². The second-order valence-electron chi connectivity index (χ2n) is 23.6. The summed E-state index contributed by atoms with van der Waals surface area (Å²) < 4.78 is 194. The van der Waals surface area contributed by atoms with Crippen LogP contribution in [0, 0.1) is 75.1 Å². The predicted octanol–water partition coefficient (Wildman–Crippen LogP) is -17.0. The third-order valence-electron chi connectivity index (χ3n) is 16.3. The standard InChI is InChI=1S/C63H85N3O18.6Li.3H2O4S/c1-6-7-17-24-70-61-55(64)38(3)58(47(28-67)77-61)83-53-26-45(72-33-42-20-13-9-14-21-42)50(35-75-53)81-63-57(66)40(5)60(49(30-69)79-63)84-54-27-46(73-34-43-22-15-10-16-23-43)51(36-76-54)80-62-56(65)39(4)59(48(29-68)78-62)82-52-25-44(37(2)31-74-52)71-32-41-18-11-8-12-19-41;;;;;;;3*1-5(2,3)4/h1,8-16,18-23,25-27,31,35-40,44-63,67-69H,7,17,24,28-30,32-34,64-66H2,2-5H3;;;;;;;3*(H2,1,2,3,4)/q-6;6*+1;;;/p-3/t37-,38+,39+,40+,44-,45-,46-,47?,48?,49?,50-,51-,52-,53-,54-,55?,56?,57?,58+,59+,60+,61+,62-,63-;;;;;;;;;/m0........./s1. The number of nitrogens with two attached hydrogens (primary N) is 3. The van der Waals surface area contributed by atoms with Crippen LogP contribution in [0.5, 0.6) is 0 Å². The molecule has 3 aromatic carbocycles. The van der Waals surface area contributed by atoms with Gasteiger partial charge in [0.15, 0.2) is 18.9 Å². The van der Waals surface area contributed by atoms with Crippen LogP contribution in [0.4, 0.5) is 0 Å². The van der Waals surface area contributed by atoms with Gasteiger partial charge in [0.1, 0.15) is 18.3 Å². The summed E-state index contributed by atoms with van der Waals surface area (Å²) in [5.41, 5.74) is 23.3. The van der Waals surface area contributed by atoms with Crippen LogP contribution in [0.2, 0.25) is 0 Å². The molecule has 0 aromatic heterocycles. The van der Waals surface area contributed by atoms with Gasteiger partial charge in [0.05, 0.1) is 82.7 Å². The summed E-state index contributed by atoms with van der Waals surface area (Å²) in [6.07, 6.45) is -1.96. The van der Waals surface area contributed by atoms with Gasteiger partial charge in [-0.05, 0) is 35.3 Å². The molecule has 9 rings (SSSR count). The Morgan fingerprint density at radius 3 is 1.05 bits per heavy atom. The first kappa shape index (κ1) is 105. The summed E-state index contributed by atoms with van der Waals surface area (Å²) in [5.74, 6) is 1.38. The van der Waals surface area contributed by atoms with Crippen molar-refractivity contribution in [2.45, 2.75) is 183 Å². The van der Waals surface area contributed by atoms with Crippen molar-refractivity contribution in [1.82, 2.24) is 0 Å². The molecule has 12 N–H and O–H groups in total. The summed E-state index contributed by atoms with van der Waals surface area (Å²) in [5, 5.41) is 32.0. The first-order valence-corrected chi connectivity index (χ1v) is 35.3. The van der Waals surface area contributed by atoms with Crippen molar-refractivity contribution < 1.29 is 252 Å². The molecule has 3 aromatic rings. The van der Waals surface area contributed by atoms with Gasteiger partial charge in [-0.3, -0.25) is 20.1 Å². The van der Waals surface area contributed by atoms with Crippen molar-refractivity contribution >= 4 is 31.2 Å². The minimum Gasteiger partial charge on any atom is -0.726 e. The van der Waals surface area contributed by atoms with Crippen LogP contribution in [0.3, 0.4) is 0 Å². The molecule has 42 heteroatoms. The number of aliphatic hydroxyl groups excluding tert-OH is 3. The monoisotopic (exact) mass is 1500 g/mol. The van der Waals surface area contributed by atoms with E-state index < -0.39 is 161 Å². The van der Waals surface area contributed by atoms with Gasteiger partial charge in [-0.2, -0.15) is 13.2 Å². The van der Waals surface area contributed by atoms with Gasteiger partial charge in [0, 0.05) is 43.0 Å².